The van der Waals surface area contributed by atoms with Crippen LogP contribution in [0, 0.1) is 0 Å². The maximum Gasteiger partial charge on any atom is 0.306 e. The Balaban J connectivity index is 0.000000382. The molecule has 0 aliphatic rings. The Kier molecular flexibility index (Phi) is 18.6. The SMILES string of the molecule is CC(=O)OCc1cc([C@H](CCO)CC(=O)OC(C)(C)C)no1.CC(=O)OCc1cc([C@H](CCO[Si](c2ccccc2)(c2ccccc2)C(C)(C)C)CC(=O)OC(C)(C)C)no1. The van der Waals surface area contributed by atoms with Gasteiger partial charge in [-0.1, -0.05) is 91.7 Å². The van der Waals surface area contributed by atoms with E-state index in [0.717, 1.165) is 0 Å². The van der Waals surface area contributed by atoms with Crippen molar-refractivity contribution in [2.24, 2.45) is 0 Å². The Morgan fingerprint density at radius 1 is 0.639 bits per heavy atom. The second-order valence-electron chi connectivity index (χ2n) is 17.8. The Bertz CT molecular complexity index is 1930. The fraction of sp³-hybridized carbons (Fsp3) is 0.522. The van der Waals surface area contributed by atoms with Crippen LogP contribution in [0.4, 0.5) is 0 Å². The Morgan fingerprint density at radius 2 is 1.03 bits per heavy atom. The van der Waals surface area contributed by atoms with Crippen molar-refractivity contribution in [3.63, 3.8) is 0 Å². The minimum absolute atomic E-state index is 0.0133. The van der Waals surface area contributed by atoms with E-state index < -0.39 is 31.5 Å². The monoisotopic (exact) mass is 864 g/mol. The van der Waals surface area contributed by atoms with Gasteiger partial charge in [0.2, 0.25) is 0 Å². The predicted octanol–water partition coefficient (Wildman–Crippen LogP) is 7.46. The summed E-state index contributed by atoms with van der Waals surface area (Å²) >= 11 is 0. The molecule has 0 radical (unpaired) electrons. The average molecular weight is 865 g/mol. The van der Waals surface area contributed by atoms with E-state index in [1.165, 1.54) is 24.2 Å². The molecule has 2 heterocycles. The summed E-state index contributed by atoms with van der Waals surface area (Å²) in [7, 11) is -2.73. The van der Waals surface area contributed by atoms with Crippen molar-refractivity contribution in [3.8, 4) is 0 Å². The van der Waals surface area contributed by atoms with Gasteiger partial charge in [-0.05, 0) is 69.8 Å². The van der Waals surface area contributed by atoms with Crippen molar-refractivity contribution in [2.75, 3.05) is 13.2 Å². The van der Waals surface area contributed by atoms with E-state index >= 15 is 0 Å². The van der Waals surface area contributed by atoms with Crippen LogP contribution >= 0.6 is 0 Å². The van der Waals surface area contributed by atoms with Crippen LogP contribution in [0.25, 0.3) is 0 Å². The number of hydrogen-bond acceptors (Lipinski definition) is 14. The first kappa shape index (κ1) is 50.2. The van der Waals surface area contributed by atoms with Gasteiger partial charge < -0.3 is 37.5 Å². The van der Waals surface area contributed by atoms with Gasteiger partial charge in [-0.25, -0.2) is 0 Å². The summed E-state index contributed by atoms with van der Waals surface area (Å²) in [5.74, 6) is -1.31. The summed E-state index contributed by atoms with van der Waals surface area (Å²) in [5.41, 5.74) is -0.0289. The molecular formula is C46H64N2O12Si. The van der Waals surface area contributed by atoms with Crippen LogP contribution in [-0.4, -0.2) is 72.0 Å². The van der Waals surface area contributed by atoms with Crippen LogP contribution in [0.5, 0.6) is 0 Å². The number of carbonyl (C=O) groups is 4. The standard InChI is InChI=1S/C31H41NO6Si.C15H23NO6/c1-23(33)35-22-25-21-28(32-38-25)24(20-29(34)37-30(2,3)4)18-19-36-39(31(5,6)7,26-14-10-8-11-15-26)27-16-12-9-13-17-27;1-10(18)20-9-12-8-13(16-22-12)11(5-6-17)7-14(19)21-15(2,3)4/h8-17,21,24H,18-20,22H2,1-7H3;8,11,17H,5-7,9H2,1-4H3/t24-;11-/m11/s1. The smallest absolute Gasteiger partial charge is 0.306 e. The summed E-state index contributed by atoms with van der Waals surface area (Å²) in [5, 5.41) is 19.4. The number of nitrogens with zero attached hydrogens (tertiary/aromatic N) is 2. The number of hydrogen-bond donors (Lipinski definition) is 1. The minimum atomic E-state index is -2.73. The largest absolute Gasteiger partial charge is 0.460 e. The zero-order chi connectivity index (χ0) is 45.4. The highest BCUT2D eigenvalue weighted by atomic mass is 28.4. The van der Waals surface area contributed by atoms with Gasteiger partial charge >= 0.3 is 23.9 Å². The molecule has 0 amide bonds. The van der Waals surface area contributed by atoms with Crippen molar-refractivity contribution in [1.29, 1.82) is 0 Å². The Morgan fingerprint density at radius 3 is 1.38 bits per heavy atom. The van der Waals surface area contributed by atoms with Gasteiger partial charge in [0.05, 0.1) is 24.2 Å². The molecule has 0 saturated carbocycles. The third-order valence-electron chi connectivity index (χ3n) is 9.17. The van der Waals surface area contributed by atoms with E-state index in [4.69, 9.17) is 37.5 Å². The van der Waals surface area contributed by atoms with Gasteiger partial charge in [0, 0.05) is 51.0 Å². The van der Waals surface area contributed by atoms with Gasteiger partial charge in [-0.15, -0.1) is 0 Å². The highest BCUT2D eigenvalue weighted by Gasteiger charge is 2.50. The lowest BCUT2D eigenvalue weighted by Gasteiger charge is -2.43. The van der Waals surface area contributed by atoms with E-state index in [1.807, 2.05) is 32.9 Å². The number of ether oxygens (including phenoxy) is 4. The maximum atomic E-state index is 12.8. The molecule has 1 N–H and O–H groups in total. The number of aliphatic hydroxyl groups is 1. The molecule has 0 spiro atoms. The molecule has 0 aliphatic heterocycles. The van der Waals surface area contributed by atoms with Crippen LogP contribution in [0.3, 0.4) is 0 Å². The van der Waals surface area contributed by atoms with Gasteiger partial charge in [-0.2, -0.15) is 0 Å². The summed E-state index contributed by atoms with van der Waals surface area (Å²) in [6.07, 6.45) is 1.11. The van der Waals surface area contributed by atoms with Gasteiger partial charge in [-0.3, -0.25) is 19.2 Å². The molecule has 14 nitrogen and oxygen atoms in total. The topological polar surface area (TPSA) is 187 Å². The van der Waals surface area contributed by atoms with E-state index in [9.17, 15) is 19.2 Å². The molecule has 15 heteroatoms. The first-order chi connectivity index (χ1) is 28.5. The molecule has 2 aromatic carbocycles. The zero-order valence-electron chi connectivity index (χ0n) is 37.6. The average Bonchev–Trinajstić information content (AvgIpc) is 3.84. The molecule has 0 fully saturated rings. The van der Waals surface area contributed by atoms with E-state index in [-0.39, 0.29) is 61.5 Å². The quantitative estimate of drug-likeness (QED) is 0.0590. The number of aromatic nitrogens is 2. The fourth-order valence-corrected chi connectivity index (χ4v) is 11.3. The number of benzene rings is 2. The lowest BCUT2D eigenvalue weighted by molar-refractivity contribution is -0.156. The number of rotatable bonds is 18. The normalized spacial score (nSPS) is 13.0. The van der Waals surface area contributed by atoms with E-state index in [1.54, 1.807) is 32.9 Å². The van der Waals surface area contributed by atoms with Crippen LogP contribution in [0.2, 0.25) is 5.04 Å². The summed E-state index contributed by atoms with van der Waals surface area (Å²) < 4.78 is 38.3. The lowest BCUT2D eigenvalue weighted by Crippen LogP contribution is -2.66. The maximum absolute atomic E-state index is 12.8. The first-order valence-electron chi connectivity index (χ1n) is 20.5. The van der Waals surface area contributed by atoms with E-state index in [0.29, 0.717) is 42.4 Å². The van der Waals surface area contributed by atoms with Gasteiger partial charge in [0.1, 0.15) is 11.2 Å². The number of aliphatic hydroxyl groups excluding tert-OH is 1. The summed E-state index contributed by atoms with van der Waals surface area (Å²) in [6, 6.07) is 24.2. The predicted molar refractivity (Wildman–Crippen MR) is 230 cm³/mol. The van der Waals surface area contributed by atoms with Gasteiger partial charge in [0.25, 0.3) is 8.32 Å². The Hall–Kier alpha value is -5.12. The van der Waals surface area contributed by atoms with Crippen LogP contribution < -0.4 is 10.4 Å². The Labute approximate surface area is 360 Å². The molecule has 4 aromatic rings. The summed E-state index contributed by atoms with van der Waals surface area (Å²) in [6.45, 7) is 20.5. The minimum Gasteiger partial charge on any atom is -0.460 e. The highest BCUT2D eigenvalue weighted by Crippen LogP contribution is 2.37. The molecule has 61 heavy (non-hydrogen) atoms. The molecule has 0 saturated heterocycles. The molecule has 0 aliphatic carbocycles. The van der Waals surface area contributed by atoms with Crippen molar-refractivity contribution >= 4 is 42.6 Å². The van der Waals surface area contributed by atoms with Crippen LogP contribution in [-0.2, 0) is 55.8 Å². The van der Waals surface area contributed by atoms with Crippen molar-refractivity contribution in [1.82, 2.24) is 10.3 Å². The second-order valence-corrected chi connectivity index (χ2v) is 22.1. The van der Waals surface area contributed by atoms with Crippen LogP contribution in [0.1, 0.15) is 137 Å². The second kappa shape index (κ2) is 22.6. The summed E-state index contributed by atoms with van der Waals surface area (Å²) in [4.78, 5) is 46.7. The molecule has 334 valence electrons. The van der Waals surface area contributed by atoms with Crippen molar-refractivity contribution in [3.05, 3.63) is 95.7 Å². The third kappa shape index (κ3) is 16.7. The van der Waals surface area contributed by atoms with Gasteiger partial charge in [0.15, 0.2) is 24.7 Å². The molecule has 2 aromatic heterocycles. The van der Waals surface area contributed by atoms with Crippen molar-refractivity contribution in [2.45, 2.75) is 143 Å². The van der Waals surface area contributed by atoms with Crippen molar-refractivity contribution < 1.29 is 56.7 Å². The number of esters is 4. The lowest BCUT2D eigenvalue weighted by atomic mass is 9.97. The van der Waals surface area contributed by atoms with Crippen LogP contribution in [0.15, 0.2) is 81.8 Å². The molecule has 4 rings (SSSR count). The van der Waals surface area contributed by atoms with E-state index in [2.05, 4.69) is 79.6 Å². The molecular weight excluding hydrogens is 801 g/mol. The fourth-order valence-electron chi connectivity index (χ4n) is 6.67. The zero-order valence-corrected chi connectivity index (χ0v) is 38.6. The molecule has 2 atom stereocenters. The third-order valence-corrected chi connectivity index (χ3v) is 14.2. The molecule has 0 bridgehead atoms. The molecule has 0 unspecified atom stereocenters. The number of carbonyl (C=O) groups excluding carboxylic acids is 4. The first-order valence-corrected chi connectivity index (χ1v) is 22.4. The highest BCUT2D eigenvalue weighted by molar-refractivity contribution is 6.99.